The van der Waals surface area contributed by atoms with Crippen LogP contribution in [0.5, 0.6) is 0 Å². The van der Waals surface area contributed by atoms with Gasteiger partial charge in [-0.1, -0.05) is 0 Å². The number of carbonyl (C=O) groups is 2. The number of rotatable bonds is 2. The van der Waals surface area contributed by atoms with Crippen molar-refractivity contribution in [3.63, 3.8) is 0 Å². The highest BCUT2D eigenvalue weighted by Crippen LogP contribution is 2.30. The molecule has 0 bridgehead atoms. The minimum atomic E-state index is -0.500. The van der Waals surface area contributed by atoms with Crippen molar-refractivity contribution in [3.8, 4) is 0 Å². The van der Waals surface area contributed by atoms with Crippen molar-refractivity contribution in [1.82, 2.24) is 15.2 Å². The zero-order valence-corrected chi connectivity index (χ0v) is 12.5. The van der Waals surface area contributed by atoms with E-state index in [4.69, 9.17) is 0 Å². The van der Waals surface area contributed by atoms with E-state index >= 15 is 0 Å². The van der Waals surface area contributed by atoms with Gasteiger partial charge in [0.2, 0.25) is 5.91 Å². The number of nitrogens with one attached hydrogen (secondary N) is 1. The normalized spacial score (nSPS) is 22.4. The molecule has 19 heavy (non-hydrogen) atoms. The molecule has 1 unspecified atom stereocenters. The van der Waals surface area contributed by atoms with Crippen molar-refractivity contribution in [2.24, 2.45) is 5.41 Å². The molecular weight excluding hydrogens is 310 g/mol. The number of halogens is 1. The Morgan fingerprint density at radius 2 is 2.21 bits per heavy atom. The van der Waals surface area contributed by atoms with E-state index in [9.17, 15) is 9.59 Å². The van der Waals surface area contributed by atoms with Gasteiger partial charge in [0.05, 0.1) is 5.41 Å². The second-order valence-electron chi connectivity index (χ2n) is 4.98. The van der Waals surface area contributed by atoms with Gasteiger partial charge in [-0.05, 0) is 41.4 Å². The number of amides is 2. The maximum absolute atomic E-state index is 12.3. The number of aromatic nitrogens is 1. The third kappa shape index (κ3) is 2.78. The molecule has 1 N–H and O–H groups in total. The van der Waals surface area contributed by atoms with Crippen LogP contribution in [-0.2, 0) is 4.79 Å². The first kappa shape index (κ1) is 14.0. The number of nitrogens with zero attached hydrogens (tertiary/aromatic N) is 2. The molecule has 0 aliphatic carbocycles. The molecule has 0 saturated carbocycles. The Labute approximate surface area is 120 Å². The molecule has 0 spiro atoms. The van der Waals surface area contributed by atoms with Crippen molar-refractivity contribution in [2.75, 3.05) is 20.1 Å². The maximum atomic E-state index is 12.3. The highest BCUT2D eigenvalue weighted by atomic mass is 79.9. The van der Waals surface area contributed by atoms with Crippen LogP contribution < -0.4 is 5.32 Å². The fourth-order valence-corrected chi connectivity index (χ4v) is 2.52. The molecule has 0 aromatic carbocycles. The zero-order chi connectivity index (χ0) is 14.0. The van der Waals surface area contributed by atoms with E-state index in [1.165, 1.54) is 0 Å². The van der Waals surface area contributed by atoms with E-state index in [2.05, 4.69) is 26.2 Å². The summed E-state index contributed by atoms with van der Waals surface area (Å²) in [7, 11) is 1.62. The average molecular weight is 326 g/mol. The maximum Gasteiger partial charge on any atom is 0.272 e. The summed E-state index contributed by atoms with van der Waals surface area (Å²) in [5, 5.41) is 2.66. The predicted molar refractivity (Wildman–Crippen MR) is 74.6 cm³/mol. The summed E-state index contributed by atoms with van der Waals surface area (Å²) in [6, 6.07) is 3.47. The van der Waals surface area contributed by atoms with Gasteiger partial charge >= 0.3 is 0 Å². The molecule has 1 fully saturated rings. The Hall–Kier alpha value is -1.43. The first-order valence-corrected chi connectivity index (χ1v) is 6.88. The quantitative estimate of drug-likeness (QED) is 0.895. The molecule has 2 amide bonds. The lowest BCUT2D eigenvalue weighted by Crippen LogP contribution is -2.40. The van der Waals surface area contributed by atoms with Crippen LogP contribution in [0, 0.1) is 5.41 Å². The summed E-state index contributed by atoms with van der Waals surface area (Å²) < 4.78 is 0.834. The highest BCUT2D eigenvalue weighted by Gasteiger charge is 2.41. The largest absolute Gasteiger partial charge is 0.359 e. The Morgan fingerprint density at radius 3 is 2.79 bits per heavy atom. The van der Waals surface area contributed by atoms with Gasteiger partial charge in [0.1, 0.15) is 5.69 Å². The SMILES string of the molecule is CNC(=O)C1(C)CCN(C(=O)c2ccc(Br)cn2)C1. The summed E-state index contributed by atoms with van der Waals surface area (Å²) >= 11 is 3.28. The highest BCUT2D eigenvalue weighted by molar-refractivity contribution is 9.10. The number of pyridine rings is 1. The third-order valence-electron chi connectivity index (χ3n) is 3.48. The summed E-state index contributed by atoms with van der Waals surface area (Å²) in [5.74, 6) is -0.147. The summed E-state index contributed by atoms with van der Waals surface area (Å²) in [6.45, 7) is 2.90. The summed E-state index contributed by atoms with van der Waals surface area (Å²) in [5.41, 5.74) is -0.0934. The Bertz CT molecular complexity index is 503. The Kier molecular flexibility index (Phi) is 3.89. The minimum Gasteiger partial charge on any atom is -0.359 e. The molecule has 2 rings (SSSR count). The van der Waals surface area contributed by atoms with Gasteiger partial charge in [0.15, 0.2) is 0 Å². The molecule has 1 aromatic rings. The Balaban J connectivity index is 2.11. The minimum absolute atomic E-state index is 0.0217. The number of hydrogen-bond acceptors (Lipinski definition) is 3. The van der Waals surface area contributed by atoms with E-state index < -0.39 is 5.41 Å². The Morgan fingerprint density at radius 1 is 1.47 bits per heavy atom. The first-order valence-electron chi connectivity index (χ1n) is 6.09. The number of carbonyl (C=O) groups excluding carboxylic acids is 2. The van der Waals surface area contributed by atoms with E-state index in [1.807, 2.05) is 6.92 Å². The van der Waals surface area contributed by atoms with Gasteiger partial charge in [-0.3, -0.25) is 9.59 Å². The average Bonchev–Trinajstić information content (AvgIpc) is 2.82. The fraction of sp³-hybridized carbons (Fsp3) is 0.462. The topological polar surface area (TPSA) is 62.3 Å². The van der Waals surface area contributed by atoms with Gasteiger partial charge in [-0.25, -0.2) is 4.98 Å². The van der Waals surface area contributed by atoms with Crippen LogP contribution in [0.2, 0.25) is 0 Å². The van der Waals surface area contributed by atoms with Crippen LogP contribution in [0.15, 0.2) is 22.8 Å². The smallest absolute Gasteiger partial charge is 0.272 e. The standard InChI is InChI=1S/C13H16BrN3O2/c1-13(12(19)15-2)5-6-17(8-13)11(18)10-4-3-9(14)7-16-10/h3-4,7H,5-6,8H2,1-2H3,(H,15,19). The molecule has 102 valence electrons. The van der Waals surface area contributed by atoms with E-state index in [-0.39, 0.29) is 11.8 Å². The molecule has 2 heterocycles. The van der Waals surface area contributed by atoms with Crippen molar-refractivity contribution in [3.05, 3.63) is 28.5 Å². The van der Waals surface area contributed by atoms with E-state index in [0.717, 1.165) is 4.47 Å². The van der Waals surface area contributed by atoms with Gasteiger partial charge in [0, 0.05) is 30.8 Å². The van der Waals surface area contributed by atoms with Crippen molar-refractivity contribution in [2.45, 2.75) is 13.3 Å². The number of likely N-dealkylation sites (tertiary alicyclic amines) is 1. The van der Waals surface area contributed by atoms with Gasteiger partial charge < -0.3 is 10.2 Å². The zero-order valence-electron chi connectivity index (χ0n) is 10.9. The van der Waals surface area contributed by atoms with Crippen LogP contribution in [0.25, 0.3) is 0 Å². The number of hydrogen-bond donors (Lipinski definition) is 1. The molecule has 0 radical (unpaired) electrons. The van der Waals surface area contributed by atoms with Crippen LogP contribution in [0.1, 0.15) is 23.8 Å². The van der Waals surface area contributed by atoms with Crippen molar-refractivity contribution >= 4 is 27.7 Å². The van der Waals surface area contributed by atoms with Crippen molar-refractivity contribution in [1.29, 1.82) is 0 Å². The van der Waals surface area contributed by atoms with Crippen molar-refractivity contribution < 1.29 is 9.59 Å². The lowest BCUT2D eigenvalue weighted by Gasteiger charge is -2.22. The molecule has 5 nitrogen and oxygen atoms in total. The molecule has 1 aliphatic rings. The second-order valence-corrected chi connectivity index (χ2v) is 5.89. The van der Waals surface area contributed by atoms with Gasteiger partial charge in [-0.2, -0.15) is 0 Å². The fourth-order valence-electron chi connectivity index (χ4n) is 2.29. The molecule has 1 aromatic heterocycles. The monoisotopic (exact) mass is 325 g/mol. The predicted octanol–water partition coefficient (Wildman–Crippen LogP) is 1.44. The summed E-state index contributed by atoms with van der Waals surface area (Å²) in [6.07, 6.45) is 2.27. The van der Waals surface area contributed by atoms with E-state index in [0.29, 0.717) is 25.2 Å². The molecule has 1 atom stereocenters. The van der Waals surface area contributed by atoms with Crippen LogP contribution in [-0.4, -0.2) is 41.8 Å². The molecular formula is C13H16BrN3O2. The molecule has 1 aliphatic heterocycles. The first-order chi connectivity index (χ1) is 8.96. The van der Waals surface area contributed by atoms with Crippen LogP contribution in [0.4, 0.5) is 0 Å². The lowest BCUT2D eigenvalue weighted by atomic mass is 9.89. The van der Waals surface area contributed by atoms with Gasteiger partial charge in [0.25, 0.3) is 5.91 Å². The van der Waals surface area contributed by atoms with Crippen LogP contribution >= 0.6 is 15.9 Å². The summed E-state index contributed by atoms with van der Waals surface area (Å²) in [4.78, 5) is 29.9. The lowest BCUT2D eigenvalue weighted by molar-refractivity contribution is -0.128. The molecule has 6 heteroatoms. The van der Waals surface area contributed by atoms with Gasteiger partial charge in [-0.15, -0.1) is 0 Å². The molecule has 1 saturated heterocycles. The third-order valence-corrected chi connectivity index (χ3v) is 3.95. The van der Waals surface area contributed by atoms with Crippen LogP contribution in [0.3, 0.4) is 0 Å². The van der Waals surface area contributed by atoms with E-state index in [1.54, 1.807) is 30.3 Å². The second kappa shape index (κ2) is 5.28.